The number of hydrogen-bond donors (Lipinski definition) is 1. The summed E-state index contributed by atoms with van der Waals surface area (Å²) in [6, 6.07) is 5.63. The van der Waals surface area contributed by atoms with Gasteiger partial charge in [-0.15, -0.1) is 0 Å². The minimum atomic E-state index is -0.889. The Morgan fingerprint density at radius 3 is 2.00 bits per heavy atom. The maximum atomic E-state index is 13.0. The molecule has 1 N–H and O–H groups in total. The van der Waals surface area contributed by atoms with E-state index in [1.165, 1.54) is 6.92 Å². The van der Waals surface area contributed by atoms with Gasteiger partial charge in [0.05, 0.1) is 11.8 Å². The predicted molar refractivity (Wildman–Crippen MR) is 110 cm³/mol. The van der Waals surface area contributed by atoms with Gasteiger partial charge in [0, 0.05) is 20.9 Å². The van der Waals surface area contributed by atoms with Gasteiger partial charge in [-0.2, -0.15) is 0 Å². The van der Waals surface area contributed by atoms with E-state index in [2.05, 4.69) is 37.2 Å². The van der Waals surface area contributed by atoms with Gasteiger partial charge in [-0.25, -0.2) is 0 Å². The van der Waals surface area contributed by atoms with Crippen LogP contribution in [-0.2, 0) is 14.4 Å². The molecule has 7 atom stereocenters. The summed E-state index contributed by atoms with van der Waals surface area (Å²) in [6.45, 7) is 3.05. The van der Waals surface area contributed by atoms with Gasteiger partial charge in [-0.1, -0.05) is 31.9 Å². The third-order valence-electron chi connectivity index (χ3n) is 6.35. The molecule has 3 amide bonds. The number of anilines is 1. The highest BCUT2D eigenvalue weighted by atomic mass is 79.9. The molecule has 0 spiro atoms. The Morgan fingerprint density at radius 1 is 1.04 bits per heavy atom. The molecule has 3 aliphatic rings. The Bertz CT molecular complexity index is 839. The number of ketones is 1. The fraction of sp³-hybridized carbons (Fsp3) is 0.500. The van der Waals surface area contributed by atoms with Crippen molar-refractivity contribution in [1.82, 2.24) is 4.90 Å². The van der Waals surface area contributed by atoms with Crippen LogP contribution in [0, 0.1) is 23.7 Å². The molecule has 3 fully saturated rings. The van der Waals surface area contributed by atoms with Crippen molar-refractivity contribution >= 4 is 61.1 Å². The van der Waals surface area contributed by atoms with Crippen LogP contribution in [0.2, 0.25) is 0 Å². The summed E-state index contributed by atoms with van der Waals surface area (Å²) in [4.78, 5) is 51.6. The van der Waals surface area contributed by atoms with Gasteiger partial charge < -0.3 is 5.32 Å². The van der Waals surface area contributed by atoms with Crippen molar-refractivity contribution in [1.29, 1.82) is 0 Å². The van der Waals surface area contributed by atoms with Gasteiger partial charge >= 0.3 is 0 Å². The molecule has 8 heteroatoms. The van der Waals surface area contributed by atoms with Crippen molar-refractivity contribution in [2.75, 3.05) is 5.32 Å². The molecule has 6 nitrogen and oxygen atoms in total. The number of carbonyl (C=O) groups is 4. The van der Waals surface area contributed by atoms with Crippen molar-refractivity contribution < 1.29 is 19.2 Å². The lowest BCUT2D eigenvalue weighted by Gasteiger charge is -2.28. The minimum absolute atomic E-state index is 0.0594. The second-order valence-electron chi connectivity index (χ2n) is 7.85. The Morgan fingerprint density at radius 2 is 1.54 bits per heavy atom. The third kappa shape index (κ3) is 2.87. The molecule has 1 aromatic rings. The number of halogens is 2. The van der Waals surface area contributed by atoms with Crippen LogP contribution in [0.1, 0.15) is 30.6 Å². The van der Waals surface area contributed by atoms with Gasteiger partial charge in [-0.05, 0) is 56.4 Å². The first-order valence-corrected chi connectivity index (χ1v) is 11.1. The minimum Gasteiger partial charge on any atom is -0.324 e. The summed E-state index contributed by atoms with van der Waals surface area (Å²) >= 11 is 7.32. The van der Waals surface area contributed by atoms with Crippen LogP contribution in [0.4, 0.5) is 5.69 Å². The number of Topliss-reactive ketones (excluding diaryl/α,β-unsaturated/α-hetero) is 1. The van der Waals surface area contributed by atoms with Crippen molar-refractivity contribution in [2.24, 2.45) is 23.7 Å². The topological polar surface area (TPSA) is 83.6 Å². The van der Waals surface area contributed by atoms with E-state index in [4.69, 9.17) is 0 Å². The molecule has 4 rings (SSSR count). The number of fused-ring (bicyclic) bond motifs is 5. The van der Waals surface area contributed by atoms with Gasteiger partial charge in [0.25, 0.3) is 0 Å². The lowest BCUT2D eigenvalue weighted by molar-refractivity contribution is -0.146. The van der Waals surface area contributed by atoms with E-state index < -0.39 is 11.9 Å². The number of rotatable bonds is 4. The molecule has 1 aliphatic heterocycles. The SMILES string of the molecule is CC(=O)c1ccc(NC(=O)[C@H](C)N2C(=O)[C@@H]3[C@H]4C[C@@H]([C@H](Br)[C@H]4Br)[C@H]3C2=O)cc1. The lowest BCUT2D eigenvalue weighted by Crippen LogP contribution is -2.46. The largest absolute Gasteiger partial charge is 0.324 e. The number of alkyl halides is 2. The standard InChI is InChI=1S/C20H20Br2N2O4/c1-8(18(26)23-11-5-3-10(4-6-11)9(2)25)24-19(27)14-12-7-13(15(14)20(24)28)17(22)16(12)21/h3-6,8,12-17H,7H2,1-2H3,(H,23,26)/t8-,12+,13+,14+,15+,16-,17-/m0/s1. The normalized spacial score (nSPS) is 34.5. The van der Waals surface area contributed by atoms with E-state index >= 15 is 0 Å². The van der Waals surface area contributed by atoms with Crippen LogP contribution in [0.5, 0.6) is 0 Å². The Hall–Kier alpha value is -1.54. The van der Waals surface area contributed by atoms with Crippen LogP contribution < -0.4 is 5.32 Å². The lowest BCUT2D eigenvalue weighted by atomic mass is 9.81. The van der Waals surface area contributed by atoms with Gasteiger partial charge in [0.2, 0.25) is 17.7 Å². The van der Waals surface area contributed by atoms with E-state index in [0.717, 1.165) is 11.3 Å². The maximum absolute atomic E-state index is 13.0. The Labute approximate surface area is 179 Å². The van der Waals surface area contributed by atoms with Crippen molar-refractivity contribution in [2.45, 2.75) is 36.0 Å². The Balaban J connectivity index is 1.50. The van der Waals surface area contributed by atoms with Crippen LogP contribution in [-0.4, -0.2) is 44.1 Å². The molecule has 1 saturated heterocycles. The molecule has 0 radical (unpaired) electrons. The first kappa shape index (κ1) is 19.8. The molecule has 0 aromatic heterocycles. The number of nitrogens with zero attached hydrogens (tertiary/aromatic N) is 1. The highest BCUT2D eigenvalue weighted by molar-refractivity contribution is 9.12. The molecule has 2 bridgehead atoms. The Kier molecular flexibility index (Phi) is 4.98. The van der Waals surface area contributed by atoms with Crippen LogP contribution in [0.25, 0.3) is 0 Å². The van der Waals surface area contributed by atoms with Gasteiger partial charge in [0.15, 0.2) is 5.78 Å². The first-order chi connectivity index (χ1) is 13.2. The zero-order valence-corrected chi connectivity index (χ0v) is 18.6. The number of hydrogen-bond acceptors (Lipinski definition) is 4. The number of imide groups is 1. The van der Waals surface area contributed by atoms with Crippen molar-refractivity contribution in [3.63, 3.8) is 0 Å². The summed E-state index contributed by atoms with van der Waals surface area (Å²) in [7, 11) is 0. The van der Waals surface area contributed by atoms with Crippen LogP contribution >= 0.6 is 31.9 Å². The second-order valence-corrected chi connectivity index (χ2v) is 9.96. The van der Waals surface area contributed by atoms with Crippen LogP contribution in [0.15, 0.2) is 24.3 Å². The van der Waals surface area contributed by atoms with Crippen LogP contribution in [0.3, 0.4) is 0 Å². The van der Waals surface area contributed by atoms with E-state index in [-0.39, 0.29) is 50.9 Å². The molecule has 28 heavy (non-hydrogen) atoms. The monoisotopic (exact) mass is 510 g/mol. The summed E-state index contributed by atoms with van der Waals surface area (Å²) < 4.78 is 0. The average molecular weight is 512 g/mol. The summed E-state index contributed by atoms with van der Waals surface area (Å²) in [5.74, 6) is -1.37. The molecular formula is C20H20Br2N2O4. The highest BCUT2D eigenvalue weighted by Gasteiger charge is 2.67. The second kappa shape index (κ2) is 7.06. The fourth-order valence-corrected chi connectivity index (χ4v) is 6.78. The maximum Gasteiger partial charge on any atom is 0.247 e. The zero-order valence-electron chi connectivity index (χ0n) is 15.4. The van der Waals surface area contributed by atoms with E-state index in [0.29, 0.717) is 11.3 Å². The van der Waals surface area contributed by atoms with E-state index in [1.807, 2.05) is 0 Å². The van der Waals surface area contributed by atoms with Gasteiger partial charge in [0.1, 0.15) is 6.04 Å². The number of amides is 3. The molecule has 0 unspecified atom stereocenters. The number of carbonyl (C=O) groups excluding carboxylic acids is 4. The molecule has 1 heterocycles. The quantitative estimate of drug-likeness (QED) is 0.382. The summed E-state index contributed by atoms with van der Waals surface area (Å²) in [5.41, 5.74) is 1.06. The molecular weight excluding hydrogens is 492 g/mol. The van der Waals surface area contributed by atoms with Gasteiger partial charge in [-0.3, -0.25) is 24.1 Å². The molecule has 1 aromatic carbocycles. The first-order valence-electron chi connectivity index (χ1n) is 9.29. The molecule has 148 valence electrons. The average Bonchev–Trinajstić information content (AvgIpc) is 3.26. The summed E-state index contributed by atoms with van der Waals surface area (Å²) in [6.07, 6.45) is 0.857. The highest BCUT2D eigenvalue weighted by Crippen LogP contribution is 2.60. The van der Waals surface area contributed by atoms with Crippen molar-refractivity contribution in [3.05, 3.63) is 29.8 Å². The fourth-order valence-electron chi connectivity index (χ4n) is 4.91. The smallest absolute Gasteiger partial charge is 0.247 e. The zero-order chi connectivity index (χ0) is 20.3. The third-order valence-corrected chi connectivity index (χ3v) is 9.55. The van der Waals surface area contributed by atoms with E-state index in [9.17, 15) is 19.2 Å². The van der Waals surface area contributed by atoms with E-state index in [1.54, 1.807) is 31.2 Å². The van der Waals surface area contributed by atoms with Crippen molar-refractivity contribution in [3.8, 4) is 0 Å². The molecule has 2 saturated carbocycles. The number of likely N-dealkylation sites (tertiary alicyclic amines) is 1. The molecule has 2 aliphatic carbocycles. The predicted octanol–water partition coefficient (Wildman–Crippen LogP) is 2.99. The number of nitrogens with one attached hydrogen (secondary N) is 1. The number of benzene rings is 1. The summed E-state index contributed by atoms with van der Waals surface area (Å²) in [5, 5.41) is 2.73.